The first-order valence-corrected chi connectivity index (χ1v) is 5.46. The maximum absolute atomic E-state index is 10.8. The molecule has 0 aromatic heterocycles. The van der Waals surface area contributed by atoms with Crippen molar-refractivity contribution < 1.29 is 8.42 Å². The minimum atomic E-state index is -2.76. The molecule has 0 aromatic rings. The number of rotatable bonds is 2. The van der Waals surface area contributed by atoms with Gasteiger partial charge in [-0.3, -0.25) is 0 Å². The van der Waals surface area contributed by atoms with Gasteiger partial charge < -0.3 is 5.32 Å². The second-order valence-corrected chi connectivity index (χ2v) is 5.23. The van der Waals surface area contributed by atoms with E-state index in [9.17, 15) is 8.42 Å². The molecule has 4 nitrogen and oxygen atoms in total. The summed E-state index contributed by atoms with van der Waals surface area (Å²) in [6.07, 6.45) is 1.29. The highest BCUT2D eigenvalue weighted by Crippen LogP contribution is 2.13. The van der Waals surface area contributed by atoms with E-state index in [1.807, 2.05) is 6.92 Å². The molecule has 1 N–H and O–H groups in total. The van der Waals surface area contributed by atoms with E-state index in [1.54, 1.807) is 0 Å². The third-order valence-electron chi connectivity index (χ3n) is 1.93. The highest BCUT2D eigenvalue weighted by atomic mass is 32.2. The third kappa shape index (κ3) is 3.18. The zero-order chi connectivity index (χ0) is 7.78. The molecule has 1 saturated heterocycles. The minimum absolute atomic E-state index is 0. The van der Waals surface area contributed by atoms with Crippen LogP contribution in [0.15, 0.2) is 0 Å². The van der Waals surface area contributed by atoms with Crippen LogP contribution in [0.2, 0.25) is 0 Å². The van der Waals surface area contributed by atoms with Crippen LogP contribution < -0.4 is 11.5 Å². The van der Waals surface area contributed by atoms with Gasteiger partial charge in [0.1, 0.15) is 9.84 Å². The maximum atomic E-state index is 10.8. The SMILES string of the molecule is C[C@H]1NC[C@@H]1CS(C)(=O)=O.[N]. The molecule has 0 amide bonds. The zero-order valence-corrected chi connectivity index (χ0v) is 7.56. The van der Waals surface area contributed by atoms with Crippen molar-refractivity contribution in [2.24, 2.45) is 5.92 Å². The molecule has 0 spiro atoms. The van der Waals surface area contributed by atoms with Crippen molar-refractivity contribution >= 4 is 9.84 Å². The van der Waals surface area contributed by atoms with Gasteiger partial charge in [0.05, 0.1) is 5.75 Å². The first kappa shape index (κ1) is 10.9. The smallest absolute Gasteiger partial charge is 0.147 e. The molecule has 0 bridgehead atoms. The Balaban J connectivity index is 0.000001000. The lowest BCUT2D eigenvalue weighted by molar-refractivity contribution is 0.276. The zero-order valence-electron chi connectivity index (χ0n) is 6.74. The van der Waals surface area contributed by atoms with Gasteiger partial charge in [0.2, 0.25) is 0 Å². The van der Waals surface area contributed by atoms with E-state index in [2.05, 4.69) is 5.32 Å². The molecule has 0 saturated carbocycles. The Hall–Kier alpha value is -0.130. The molecule has 1 aliphatic rings. The van der Waals surface area contributed by atoms with Crippen LogP contribution in [0.1, 0.15) is 6.92 Å². The fourth-order valence-corrected chi connectivity index (χ4v) is 2.30. The van der Waals surface area contributed by atoms with Crippen LogP contribution in [-0.2, 0) is 9.84 Å². The topological polar surface area (TPSA) is 76.7 Å². The summed E-state index contributed by atoms with van der Waals surface area (Å²) in [6, 6.07) is 0.384. The quantitative estimate of drug-likeness (QED) is 0.597. The summed E-state index contributed by atoms with van der Waals surface area (Å²) >= 11 is 0. The van der Waals surface area contributed by atoms with Crippen molar-refractivity contribution in [2.45, 2.75) is 13.0 Å². The van der Waals surface area contributed by atoms with Crippen molar-refractivity contribution in [1.29, 1.82) is 0 Å². The van der Waals surface area contributed by atoms with Gasteiger partial charge in [0.15, 0.2) is 0 Å². The summed E-state index contributed by atoms with van der Waals surface area (Å²) in [5.74, 6) is 0.677. The van der Waals surface area contributed by atoms with Gasteiger partial charge in [0.25, 0.3) is 0 Å². The summed E-state index contributed by atoms with van der Waals surface area (Å²) in [5, 5.41) is 3.12. The van der Waals surface area contributed by atoms with Crippen molar-refractivity contribution in [1.82, 2.24) is 11.5 Å². The molecule has 0 aliphatic carbocycles. The number of nitrogens with zero attached hydrogens (tertiary/aromatic N) is 1. The van der Waals surface area contributed by atoms with Crippen LogP contribution in [-0.4, -0.2) is 33.0 Å². The van der Waals surface area contributed by atoms with E-state index in [0.29, 0.717) is 17.7 Å². The summed E-state index contributed by atoms with van der Waals surface area (Å²) < 4.78 is 21.5. The number of nitrogens with one attached hydrogen (secondary N) is 1. The first-order chi connectivity index (χ1) is 4.49. The molecule has 65 valence electrons. The Morgan fingerprint density at radius 1 is 1.55 bits per heavy atom. The number of hydrogen-bond donors (Lipinski definition) is 1. The van der Waals surface area contributed by atoms with E-state index in [-0.39, 0.29) is 6.15 Å². The van der Waals surface area contributed by atoms with E-state index < -0.39 is 9.84 Å². The highest BCUT2D eigenvalue weighted by molar-refractivity contribution is 7.90. The molecular formula is C6H13N2O2S. The van der Waals surface area contributed by atoms with Crippen LogP contribution in [0.4, 0.5) is 0 Å². The Bertz CT molecular complexity index is 213. The van der Waals surface area contributed by atoms with Crippen LogP contribution in [0.3, 0.4) is 0 Å². The van der Waals surface area contributed by atoms with Crippen molar-refractivity contribution in [3.05, 3.63) is 0 Å². The number of hydrogen-bond acceptors (Lipinski definition) is 3. The Morgan fingerprint density at radius 2 is 2.09 bits per heavy atom. The first-order valence-electron chi connectivity index (χ1n) is 3.40. The maximum Gasteiger partial charge on any atom is 0.147 e. The molecule has 2 atom stereocenters. The summed E-state index contributed by atoms with van der Waals surface area (Å²) in [7, 11) is -2.76. The summed E-state index contributed by atoms with van der Waals surface area (Å²) in [5.41, 5.74) is 0. The molecule has 1 fully saturated rings. The van der Waals surface area contributed by atoms with Crippen molar-refractivity contribution in [2.75, 3.05) is 18.6 Å². The predicted octanol–water partition coefficient (Wildman–Crippen LogP) is -0.842. The van der Waals surface area contributed by atoms with Crippen LogP contribution in [0, 0.1) is 5.92 Å². The standard InChI is InChI=1S/C6H13NO2S.N/c1-5-6(3-7-5)4-10(2,8)9;/h5-7H,3-4H2,1-2H3;/t5-,6-;/m1./s1. The van der Waals surface area contributed by atoms with Crippen LogP contribution in [0.25, 0.3) is 0 Å². The monoisotopic (exact) mass is 177 g/mol. The molecule has 0 unspecified atom stereocenters. The van der Waals surface area contributed by atoms with Gasteiger partial charge in [-0.15, -0.1) is 0 Å². The molecule has 0 aromatic carbocycles. The second-order valence-electron chi connectivity index (χ2n) is 3.05. The van der Waals surface area contributed by atoms with Crippen LogP contribution >= 0.6 is 0 Å². The van der Waals surface area contributed by atoms with Gasteiger partial charge >= 0.3 is 0 Å². The van der Waals surface area contributed by atoms with Crippen LogP contribution in [0.5, 0.6) is 0 Å². The Kier molecular flexibility index (Phi) is 3.47. The van der Waals surface area contributed by atoms with E-state index in [4.69, 9.17) is 0 Å². The predicted molar refractivity (Wildman–Crippen MR) is 42.8 cm³/mol. The normalized spacial score (nSPS) is 30.4. The lowest BCUT2D eigenvalue weighted by Crippen LogP contribution is -2.53. The van der Waals surface area contributed by atoms with Gasteiger partial charge in [-0.1, -0.05) is 0 Å². The van der Waals surface area contributed by atoms with Crippen molar-refractivity contribution in [3.63, 3.8) is 0 Å². The third-order valence-corrected chi connectivity index (χ3v) is 2.96. The molecule has 5 heteroatoms. The Morgan fingerprint density at radius 3 is 2.18 bits per heavy atom. The van der Waals surface area contributed by atoms with Gasteiger partial charge in [-0.05, 0) is 6.92 Å². The van der Waals surface area contributed by atoms with Crippen molar-refractivity contribution in [3.8, 4) is 0 Å². The molecule has 1 heterocycles. The fraction of sp³-hybridized carbons (Fsp3) is 1.00. The van der Waals surface area contributed by atoms with E-state index in [0.717, 1.165) is 6.54 Å². The molecule has 11 heavy (non-hydrogen) atoms. The largest absolute Gasteiger partial charge is 0.314 e. The fourth-order valence-electron chi connectivity index (χ4n) is 1.11. The summed E-state index contributed by atoms with van der Waals surface area (Å²) in [6.45, 7) is 2.87. The minimum Gasteiger partial charge on any atom is -0.314 e. The van der Waals surface area contributed by atoms with Gasteiger partial charge in [0, 0.05) is 30.9 Å². The molecule has 1 rings (SSSR count). The lowest BCUT2D eigenvalue weighted by atomic mass is 9.96. The Labute approximate surface area is 67.9 Å². The number of sulfone groups is 1. The average Bonchev–Trinajstić information content (AvgIpc) is 1.78. The average molecular weight is 177 g/mol. The van der Waals surface area contributed by atoms with E-state index >= 15 is 0 Å². The molecule has 1 aliphatic heterocycles. The summed E-state index contributed by atoms with van der Waals surface area (Å²) in [4.78, 5) is 0. The molecule has 3 radical (unpaired) electrons. The molecular weight excluding hydrogens is 164 g/mol. The second kappa shape index (κ2) is 3.51. The lowest BCUT2D eigenvalue weighted by Gasteiger charge is -2.34. The van der Waals surface area contributed by atoms with Gasteiger partial charge in [-0.2, -0.15) is 0 Å². The van der Waals surface area contributed by atoms with E-state index in [1.165, 1.54) is 6.26 Å². The highest BCUT2D eigenvalue weighted by Gasteiger charge is 2.28. The van der Waals surface area contributed by atoms with Gasteiger partial charge in [-0.25, -0.2) is 8.42 Å².